The van der Waals surface area contributed by atoms with Crippen molar-refractivity contribution in [2.24, 2.45) is 5.73 Å². The number of nitrogens with two attached hydrogens (primary N) is 1. The molecule has 1 amide bonds. The molecule has 0 aromatic carbocycles. The normalized spacial score (nSPS) is 20.1. The molecular weight excluding hydrogens is 254 g/mol. The summed E-state index contributed by atoms with van der Waals surface area (Å²) in [5, 5.41) is 0. The molecular formula is C15H31N3O2. The number of hydrogen-bond donors (Lipinski definition) is 1. The fourth-order valence-electron chi connectivity index (χ4n) is 2.42. The van der Waals surface area contributed by atoms with Crippen LogP contribution in [-0.2, 0) is 9.53 Å². The van der Waals surface area contributed by atoms with Gasteiger partial charge in [-0.05, 0) is 12.8 Å². The van der Waals surface area contributed by atoms with Gasteiger partial charge in [0.05, 0.1) is 19.3 Å². The van der Waals surface area contributed by atoms with Crippen LogP contribution >= 0.6 is 0 Å². The summed E-state index contributed by atoms with van der Waals surface area (Å²) in [5.74, 6) is 0.254. The van der Waals surface area contributed by atoms with Crippen LogP contribution in [0.15, 0.2) is 0 Å². The van der Waals surface area contributed by atoms with E-state index in [4.69, 9.17) is 10.5 Å². The van der Waals surface area contributed by atoms with Crippen LogP contribution in [0.2, 0.25) is 0 Å². The maximum atomic E-state index is 12.4. The molecule has 2 N–H and O–H groups in total. The summed E-state index contributed by atoms with van der Waals surface area (Å²) in [4.78, 5) is 16.6. The second kappa shape index (κ2) is 10.1. The van der Waals surface area contributed by atoms with E-state index in [1.54, 1.807) is 0 Å². The van der Waals surface area contributed by atoms with Crippen molar-refractivity contribution >= 4 is 5.91 Å². The van der Waals surface area contributed by atoms with Crippen molar-refractivity contribution in [1.82, 2.24) is 9.80 Å². The predicted molar refractivity (Wildman–Crippen MR) is 81.6 cm³/mol. The van der Waals surface area contributed by atoms with Gasteiger partial charge in [0.15, 0.2) is 0 Å². The largest absolute Gasteiger partial charge is 0.374 e. The fourth-order valence-corrected chi connectivity index (χ4v) is 2.42. The minimum atomic E-state index is 0.0799. The molecule has 0 aromatic heterocycles. The topological polar surface area (TPSA) is 58.8 Å². The van der Waals surface area contributed by atoms with E-state index in [2.05, 4.69) is 18.7 Å². The Labute approximate surface area is 123 Å². The monoisotopic (exact) mass is 285 g/mol. The first kappa shape index (κ1) is 17.4. The second-order valence-corrected chi connectivity index (χ2v) is 5.55. The molecule has 1 heterocycles. The van der Waals surface area contributed by atoms with Crippen molar-refractivity contribution in [1.29, 1.82) is 0 Å². The first-order chi connectivity index (χ1) is 9.71. The fraction of sp³-hybridized carbons (Fsp3) is 0.933. The van der Waals surface area contributed by atoms with Crippen LogP contribution in [0.1, 0.15) is 39.5 Å². The third-order valence-electron chi connectivity index (χ3n) is 3.76. The van der Waals surface area contributed by atoms with Crippen molar-refractivity contribution in [2.45, 2.75) is 45.6 Å². The molecule has 1 rings (SSSR count). The molecule has 1 aliphatic rings. The zero-order valence-electron chi connectivity index (χ0n) is 13.1. The number of nitrogens with zero attached hydrogens (tertiary/aromatic N) is 2. The lowest BCUT2D eigenvalue weighted by atomic mass is 10.2. The van der Waals surface area contributed by atoms with Crippen LogP contribution in [0.25, 0.3) is 0 Å². The smallest absolute Gasteiger partial charge is 0.236 e. The lowest BCUT2D eigenvalue weighted by molar-refractivity contribution is -0.134. The number of rotatable bonds is 9. The Morgan fingerprint density at radius 3 is 2.50 bits per heavy atom. The highest BCUT2D eigenvalue weighted by molar-refractivity contribution is 5.78. The van der Waals surface area contributed by atoms with Crippen molar-refractivity contribution in [3.8, 4) is 0 Å². The van der Waals surface area contributed by atoms with Gasteiger partial charge in [-0.3, -0.25) is 9.69 Å². The summed E-state index contributed by atoms with van der Waals surface area (Å²) >= 11 is 0. The summed E-state index contributed by atoms with van der Waals surface area (Å²) in [6, 6.07) is 0. The third-order valence-corrected chi connectivity index (χ3v) is 3.76. The van der Waals surface area contributed by atoms with Crippen LogP contribution in [-0.4, -0.2) is 67.7 Å². The third kappa shape index (κ3) is 6.20. The lowest BCUT2D eigenvalue weighted by Gasteiger charge is -2.33. The average Bonchev–Trinajstić information content (AvgIpc) is 2.47. The molecule has 5 nitrogen and oxygen atoms in total. The summed E-state index contributed by atoms with van der Waals surface area (Å²) < 4.78 is 5.54. The zero-order valence-corrected chi connectivity index (χ0v) is 13.1. The van der Waals surface area contributed by atoms with Crippen LogP contribution in [0.3, 0.4) is 0 Å². The van der Waals surface area contributed by atoms with Gasteiger partial charge >= 0.3 is 0 Å². The van der Waals surface area contributed by atoms with Gasteiger partial charge in [0.1, 0.15) is 0 Å². The summed E-state index contributed by atoms with van der Waals surface area (Å²) in [5.41, 5.74) is 5.64. The molecule has 1 saturated heterocycles. The predicted octanol–water partition coefficient (Wildman–Crippen LogP) is 1.07. The Hall–Kier alpha value is -0.650. The van der Waals surface area contributed by atoms with E-state index < -0.39 is 0 Å². The van der Waals surface area contributed by atoms with Crippen LogP contribution in [0, 0.1) is 0 Å². The molecule has 0 spiro atoms. The van der Waals surface area contributed by atoms with Gasteiger partial charge < -0.3 is 15.4 Å². The van der Waals surface area contributed by atoms with E-state index in [1.807, 2.05) is 4.90 Å². The first-order valence-corrected chi connectivity index (χ1v) is 8.03. The van der Waals surface area contributed by atoms with E-state index in [0.29, 0.717) is 19.7 Å². The molecule has 0 aliphatic carbocycles. The SMILES string of the molecule is CCCCN(CCCC)C(=O)CN1CCOC(CN)C1. The molecule has 5 heteroatoms. The number of morpholine rings is 1. The Balaban J connectivity index is 2.42. The van der Waals surface area contributed by atoms with Gasteiger partial charge in [0.2, 0.25) is 5.91 Å². The van der Waals surface area contributed by atoms with E-state index in [9.17, 15) is 4.79 Å². The highest BCUT2D eigenvalue weighted by Gasteiger charge is 2.23. The number of hydrogen-bond acceptors (Lipinski definition) is 4. The number of ether oxygens (including phenoxy) is 1. The van der Waals surface area contributed by atoms with Gasteiger partial charge in [-0.15, -0.1) is 0 Å². The van der Waals surface area contributed by atoms with Gasteiger partial charge in [-0.25, -0.2) is 0 Å². The van der Waals surface area contributed by atoms with Gasteiger partial charge in [-0.2, -0.15) is 0 Å². The van der Waals surface area contributed by atoms with Crippen LogP contribution in [0.5, 0.6) is 0 Å². The molecule has 0 bridgehead atoms. The molecule has 1 fully saturated rings. The quantitative estimate of drug-likeness (QED) is 0.688. The molecule has 0 saturated carbocycles. The maximum absolute atomic E-state index is 12.4. The summed E-state index contributed by atoms with van der Waals surface area (Å²) in [7, 11) is 0. The van der Waals surface area contributed by atoms with E-state index in [1.165, 1.54) is 0 Å². The van der Waals surface area contributed by atoms with Crippen molar-refractivity contribution in [3.63, 3.8) is 0 Å². The molecule has 20 heavy (non-hydrogen) atoms. The van der Waals surface area contributed by atoms with Crippen molar-refractivity contribution in [2.75, 3.05) is 45.9 Å². The number of carbonyl (C=O) groups excluding carboxylic acids is 1. The zero-order chi connectivity index (χ0) is 14.8. The molecule has 1 unspecified atom stereocenters. The van der Waals surface area contributed by atoms with Crippen molar-refractivity contribution < 1.29 is 9.53 Å². The Bertz CT molecular complexity index is 266. The standard InChI is InChI=1S/C15H31N3O2/c1-3-5-7-18(8-6-4-2)15(19)13-17-9-10-20-14(11-16)12-17/h14H,3-13,16H2,1-2H3. The summed E-state index contributed by atoms with van der Waals surface area (Å²) in [6.07, 6.45) is 4.51. The van der Waals surface area contributed by atoms with E-state index in [-0.39, 0.29) is 12.0 Å². The minimum Gasteiger partial charge on any atom is -0.374 e. The lowest BCUT2D eigenvalue weighted by Crippen LogP contribution is -2.49. The van der Waals surface area contributed by atoms with Crippen LogP contribution < -0.4 is 5.73 Å². The Morgan fingerprint density at radius 1 is 1.30 bits per heavy atom. The molecule has 1 aliphatic heterocycles. The maximum Gasteiger partial charge on any atom is 0.236 e. The Kier molecular flexibility index (Phi) is 8.82. The van der Waals surface area contributed by atoms with E-state index >= 15 is 0 Å². The molecule has 0 radical (unpaired) electrons. The molecule has 0 aromatic rings. The first-order valence-electron chi connectivity index (χ1n) is 8.03. The molecule has 118 valence electrons. The second-order valence-electron chi connectivity index (χ2n) is 5.55. The van der Waals surface area contributed by atoms with Crippen molar-refractivity contribution in [3.05, 3.63) is 0 Å². The molecule has 1 atom stereocenters. The number of amides is 1. The van der Waals surface area contributed by atoms with Crippen LogP contribution in [0.4, 0.5) is 0 Å². The number of unbranched alkanes of at least 4 members (excludes halogenated alkanes) is 2. The van der Waals surface area contributed by atoms with Gasteiger partial charge in [-0.1, -0.05) is 26.7 Å². The Morgan fingerprint density at radius 2 is 1.95 bits per heavy atom. The highest BCUT2D eigenvalue weighted by Crippen LogP contribution is 2.06. The highest BCUT2D eigenvalue weighted by atomic mass is 16.5. The van der Waals surface area contributed by atoms with Gasteiger partial charge in [0.25, 0.3) is 0 Å². The average molecular weight is 285 g/mol. The minimum absolute atomic E-state index is 0.0799. The summed E-state index contributed by atoms with van der Waals surface area (Å²) in [6.45, 7) is 9.42. The van der Waals surface area contributed by atoms with Gasteiger partial charge in [0, 0.05) is 32.7 Å². The number of carbonyl (C=O) groups is 1. The van der Waals surface area contributed by atoms with E-state index in [0.717, 1.165) is 51.9 Å².